The number of carbonyl (C=O) groups excluding carboxylic acids is 1. The van der Waals surface area contributed by atoms with E-state index in [4.69, 9.17) is 4.43 Å². The second kappa shape index (κ2) is 7.18. The zero-order valence-corrected chi connectivity index (χ0v) is 19.6. The Morgan fingerprint density at radius 2 is 1.85 bits per heavy atom. The zero-order valence-electron chi connectivity index (χ0n) is 17.0. The van der Waals surface area contributed by atoms with E-state index in [1.165, 1.54) is 28.4 Å². The Hall–Kier alpha value is -0.443. The third kappa shape index (κ3) is 4.34. The van der Waals surface area contributed by atoms with Crippen LogP contribution < -0.4 is 0 Å². The number of thioether (sulfide) groups is 2. The summed E-state index contributed by atoms with van der Waals surface area (Å²) in [6.07, 6.45) is 0.653. The zero-order chi connectivity index (χ0) is 20.1. The molecule has 0 radical (unpaired) electrons. The van der Waals surface area contributed by atoms with Crippen molar-refractivity contribution < 1.29 is 19.1 Å². The van der Waals surface area contributed by atoms with E-state index >= 15 is 0 Å². The lowest BCUT2D eigenvalue weighted by molar-refractivity contribution is -0.152. The van der Waals surface area contributed by atoms with Crippen LogP contribution in [-0.2, 0) is 14.0 Å². The molecule has 2 rings (SSSR count). The predicted molar refractivity (Wildman–Crippen MR) is 111 cm³/mol. The van der Waals surface area contributed by atoms with Crippen molar-refractivity contribution in [3.63, 3.8) is 0 Å². The van der Waals surface area contributed by atoms with Crippen molar-refractivity contribution in [2.45, 2.75) is 76.2 Å². The van der Waals surface area contributed by atoms with Crippen molar-refractivity contribution in [3.8, 4) is 0 Å². The topological polar surface area (TPSA) is 66.8 Å². The molecule has 0 bridgehead atoms. The van der Waals surface area contributed by atoms with Gasteiger partial charge in [0, 0.05) is 11.4 Å². The van der Waals surface area contributed by atoms with E-state index in [1.807, 2.05) is 20.8 Å². The highest BCUT2D eigenvalue weighted by molar-refractivity contribution is 8.23. The molecule has 26 heavy (non-hydrogen) atoms. The van der Waals surface area contributed by atoms with Gasteiger partial charge in [0.05, 0.1) is 15.5 Å². The molecular formula is C18H31NO4S2Si. The van der Waals surface area contributed by atoms with Crippen molar-refractivity contribution in [2.75, 3.05) is 6.61 Å². The summed E-state index contributed by atoms with van der Waals surface area (Å²) in [5.74, 6) is -1.25. The van der Waals surface area contributed by atoms with Gasteiger partial charge in [0.25, 0.3) is 0 Å². The molecule has 2 aliphatic heterocycles. The second-order valence-electron chi connectivity index (χ2n) is 9.38. The van der Waals surface area contributed by atoms with Crippen LogP contribution in [0.1, 0.15) is 48.0 Å². The third-order valence-electron chi connectivity index (χ3n) is 5.11. The summed E-state index contributed by atoms with van der Waals surface area (Å²) in [4.78, 5) is 25.8. The van der Waals surface area contributed by atoms with Gasteiger partial charge in [-0.1, -0.05) is 53.3 Å². The van der Waals surface area contributed by atoms with E-state index in [2.05, 4.69) is 33.9 Å². The molecule has 0 aromatic carbocycles. The molecule has 0 aromatic rings. The first kappa shape index (κ1) is 21.9. The SMILES string of the molecule is CC(C)(C)SC1=C(C(=O)O)N2C(=O)[C@H](CCO[Si](C)(C)C(C)(C)C)[C@H]2S1. The van der Waals surface area contributed by atoms with E-state index in [0.29, 0.717) is 13.0 Å². The van der Waals surface area contributed by atoms with E-state index in [-0.39, 0.29) is 32.7 Å². The fourth-order valence-electron chi connectivity index (χ4n) is 2.62. The maximum absolute atomic E-state index is 12.6. The van der Waals surface area contributed by atoms with E-state index < -0.39 is 14.3 Å². The molecule has 148 valence electrons. The van der Waals surface area contributed by atoms with Crippen molar-refractivity contribution in [2.24, 2.45) is 5.92 Å². The number of β-lactam (4-membered cyclic amide) rings is 1. The number of carboxylic acids is 1. The summed E-state index contributed by atoms with van der Waals surface area (Å²) < 4.78 is 6.85. The highest BCUT2D eigenvalue weighted by Crippen LogP contribution is 2.55. The van der Waals surface area contributed by atoms with Gasteiger partial charge in [-0.2, -0.15) is 0 Å². The lowest BCUT2D eigenvalue weighted by Gasteiger charge is -2.43. The summed E-state index contributed by atoms with van der Waals surface area (Å²) in [6.45, 7) is 17.7. The van der Waals surface area contributed by atoms with Gasteiger partial charge in [-0.05, 0) is 24.6 Å². The Labute approximate surface area is 166 Å². The highest BCUT2D eigenvalue weighted by atomic mass is 32.2. The van der Waals surface area contributed by atoms with Crippen molar-refractivity contribution in [3.05, 3.63) is 9.93 Å². The van der Waals surface area contributed by atoms with Gasteiger partial charge < -0.3 is 9.53 Å². The summed E-state index contributed by atoms with van der Waals surface area (Å²) in [5.41, 5.74) is 0.159. The Morgan fingerprint density at radius 3 is 2.31 bits per heavy atom. The Morgan fingerprint density at radius 1 is 1.27 bits per heavy atom. The molecule has 1 amide bonds. The van der Waals surface area contributed by atoms with Crippen molar-refractivity contribution in [1.29, 1.82) is 0 Å². The van der Waals surface area contributed by atoms with Crippen LogP contribution in [0.15, 0.2) is 9.93 Å². The number of hydrogen-bond donors (Lipinski definition) is 1. The summed E-state index contributed by atoms with van der Waals surface area (Å²) in [6, 6.07) is 0. The number of nitrogens with zero attached hydrogens (tertiary/aromatic N) is 1. The van der Waals surface area contributed by atoms with Crippen LogP contribution >= 0.6 is 23.5 Å². The maximum Gasteiger partial charge on any atom is 0.354 e. The number of aliphatic carboxylic acids is 1. The van der Waals surface area contributed by atoms with Gasteiger partial charge in [0.15, 0.2) is 14.0 Å². The Balaban J connectivity index is 2.02. The van der Waals surface area contributed by atoms with E-state index in [1.54, 1.807) is 0 Å². The smallest absolute Gasteiger partial charge is 0.354 e. The monoisotopic (exact) mass is 417 g/mol. The van der Waals surface area contributed by atoms with Crippen LogP contribution in [0.5, 0.6) is 0 Å². The Kier molecular flexibility index (Phi) is 6.04. The first-order valence-corrected chi connectivity index (χ1v) is 13.6. The van der Waals surface area contributed by atoms with Gasteiger partial charge in [-0.15, -0.1) is 11.8 Å². The van der Waals surface area contributed by atoms with Gasteiger partial charge in [-0.25, -0.2) is 4.79 Å². The molecule has 1 fully saturated rings. The number of rotatable bonds is 6. The molecule has 0 spiro atoms. The molecule has 2 heterocycles. The quantitative estimate of drug-likeness (QED) is 0.498. The standard InChI is InChI=1S/C18H31NO4S2Si/c1-17(2,3)25-16-12(15(21)22)19-13(20)11(14(19)24-16)9-10-23-26(7,8)18(4,5)6/h11,14H,9-10H2,1-8H3,(H,21,22)/t11-,14+/m0/s1. The molecule has 1 saturated heterocycles. The molecule has 0 unspecified atom stereocenters. The molecule has 2 aliphatic rings. The first-order chi connectivity index (χ1) is 11.7. The lowest BCUT2D eigenvalue weighted by atomic mass is 9.94. The van der Waals surface area contributed by atoms with Crippen molar-refractivity contribution >= 4 is 43.7 Å². The van der Waals surface area contributed by atoms with Gasteiger partial charge in [0.1, 0.15) is 0 Å². The number of amides is 1. The lowest BCUT2D eigenvalue weighted by Crippen LogP contribution is -2.57. The normalized spacial score (nSPS) is 24.0. The summed E-state index contributed by atoms with van der Waals surface area (Å²) >= 11 is 3.05. The minimum absolute atomic E-state index is 0.0803. The van der Waals surface area contributed by atoms with Crippen molar-refractivity contribution in [1.82, 2.24) is 4.90 Å². The van der Waals surface area contributed by atoms with Gasteiger partial charge in [-0.3, -0.25) is 9.69 Å². The first-order valence-electron chi connectivity index (χ1n) is 8.96. The molecule has 0 saturated carbocycles. The fraction of sp³-hybridized carbons (Fsp3) is 0.778. The van der Waals surface area contributed by atoms with Crippen LogP contribution in [-0.4, -0.2) is 46.9 Å². The van der Waals surface area contributed by atoms with Gasteiger partial charge >= 0.3 is 5.97 Å². The number of hydrogen-bond acceptors (Lipinski definition) is 5. The maximum atomic E-state index is 12.6. The molecule has 0 aliphatic carbocycles. The molecule has 1 N–H and O–H groups in total. The molecule has 2 atom stereocenters. The van der Waals surface area contributed by atoms with E-state index in [0.717, 1.165) is 4.24 Å². The predicted octanol–water partition coefficient (Wildman–Crippen LogP) is 4.72. The second-order valence-corrected chi connectivity index (χ2v) is 17.4. The average Bonchev–Trinajstić information content (AvgIpc) is 2.75. The summed E-state index contributed by atoms with van der Waals surface area (Å²) in [5, 5.41) is 9.62. The molecule has 8 heteroatoms. The highest BCUT2D eigenvalue weighted by Gasteiger charge is 2.56. The van der Waals surface area contributed by atoms with Crippen LogP contribution in [0.2, 0.25) is 18.1 Å². The largest absolute Gasteiger partial charge is 0.477 e. The van der Waals surface area contributed by atoms with Crippen LogP contribution in [0, 0.1) is 5.92 Å². The number of carbonyl (C=O) groups is 2. The van der Waals surface area contributed by atoms with E-state index in [9.17, 15) is 14.7 Å². The Bertz CT molecular complexity index is 634. The number of carboxylic acid groups (broad SMARTS) is 1. The fourth-order valence-corrected chi connectivity index (χ4v) is 7.01. The van der Waals surface area contributed by atoms with Crippen LogP contribution in [0.3, 0.4) is 0 Å². The summed E-state index contributed by atoms with van der Waals surface area (Å²) in [7, 11) is -1.83. The van der Waals surface area contributed by atoms with Gasteiger partial charge in [0.2, 0.25) is 5.91 Å². The molecule has 5 nitrogen and oxygen atoms in total. The van der Waals surface area contributed by atoms with Crippen LogP contribution in [0.4, 0.5) is 0 Å². The third-order valence-corrected chi connectivity index (χ3v) is 12.4. The molecular weight excluding hydrogens is 386 g/mol. The molecule has 0 aromatic heterocycles. The minimum Gasteiger partial charge on any atom is -0.477 e. The average molecular weight is 418 g/mol. The minimum atomic E-state index is -1.83. The number of fused-ring (bicyclic) bond motifs is 1. The van der Waals surface area contributed by atoms with Crippen LogP contribution in [0.25, 0.3) is 0 Å².